The molecule has 0 aliphatic rings. The van der Waals surface area contributed by atoms with Gasteiger partial charge >= 0.3 is 0 Å². The summed E-state index contributed by atoms with van der Waals surface area (Å²) in [5.74, 6) is 7.24. The number of hydrogen-bond acceptors (Lipinski definition) is 5. The van der Waals surface area contributed by atoms with E-state index in [2.05, 4.69) is 26.9 Å². The summed E-state index contributed by atoms with van der Waals surface area (Å²) in [5, 5.41) is 0. The SMILES string of the molecule is CCCn1ccnc1C(Cc1ccc(OC)nc1)NN. The zero-order valence-corrected chi connectivity index (χ0v) is 11.9. The number of imidazole rings is 1. The molecule has 0 radical (unpaired) electrons. The molecule has 0 bridgehead atoms. The van der Waals surface area contributed by atoms with Gasteiger partial charge in [0.05, 0.1) is 13.2 Å². The Labute approximate surface area is 119 Å². The Bertz CT molecular complexity index is 523. The van der Waals surface area contributed by atoms with E-state index in [4.69, 9.17) is 10.6 Å². The molecule has 2 rings (SSSR count). The van der Waals surface area contributed by atoms with E-state index in [1.165, 1.54) is 0 Å². The van der Waals surface area contributed by atoms with Crippen molar-refractivity contribution >= 4 is 0 Å². The quantitative estimate of drug-likeness (QED) is 0.590. The first-order chi connectivity index (χ1) is 9.78. The molecule has 2 heterocycles. The van der Waals surface area contributed by atoms with Crippen molar-refractivity contribution in [2.24, 2.45) is 5.84 Å². The van der Waals surface area contributed by atoms with E-state index in [1.807, 2.05) is 24.5 Å². The molecular formula is C14H21N5O. The van der Waals surface area contributed by atoms with Crippen molar-refractivity contribution < 1.29 is 4.74 Å². The monoisotopic (exact) mass is 275 g/mol. The third-order valence-electron chi connectivity index (χ3n) is 3.17. The van der Waals surface area contributed by atoms with Gasteiger partial charge in [-0.3, -0.25) is 5.84 Å². The number of nitrogens with one attached hydrogen (secondary N) is 1. The molecule has 3 N–H and O–H groups in total. The van der Waals surface area contributed by atoms with Crippen LogP contribution in [0.15, 0.2) is 30.7 Å². The molecule has 0 saturated heterocycles. The number of pyridine rings is 1. The number of hydrogen-bond donors (Lipinski definition) is 2. The van der Waals surface area contributed by atoms with E-state index >= 15 is 0 Å². The first kappa shape index (κ1) is 14.5. The van der Waals surface area contributed by atoms with Crippen LogP contribution in [0.3, 0.4) is 0 Å². The molecule has 0 saturated carbocycles. The molecule has 0 aromatic carbocycles. The van der Waals surface area contributed by atoms with Gasteiger partial charge in [-0.15, -0.1) is 0 Å². The zero-order chi connectivity index (χ0) is 14.4. The lowest BCUT2D eigenvalue weighted by atomic mass is 10.1. The third-order valence-corrected chi connectivity index (χ3v) is 3.17. The topological polar surface area (TPSA) is 78.0 Å². The van der Waals surface area contributed by atoms with Gasteiger partial charge in [0.2, 0.25) is 5.88 Å². The van der Waals surface area contributed by atoms with E-state index in [0.29, 0.717) is 5.88 Å². The molecule has 6 nitrogen and oxygen atoms in total. The van der Waals surface area contributed by atoms with Gasteiger partial charge in [0, 0.05) is 31.2 Å². The van der Waals surface area contributed by atoms with E-state index in [9.17, 15) is 0 Å². The summed E-state index contributed by atoms with van der Waals surface area (Å²) in [6, 6.07) is 3.80. The average Bonchev–Trinajstić information content (AvgIpc) is 2.94. The van der Waals surface area contributed by atoms with Gasteiger partial charge in [0.1, 0.15) is 5.82 Å². The Morgan fingerprint density at radius 2 is 2.25 bits per heavy atom. The number of nitrogens with two attached hydrogens (primary N) is 1. The van der Waals surface area contributed by atoms with Crippen LogP contribution >= 0.6 is 0 Å². The molecule has 6 heteroatoms. The fraction of sp³-hybridized carbons (Fsp3) is 0.429. The standard InChI is InChI=1S/C14H21N5O/c1-3-7-19-8-6-16-14(19)12(18-15)9-11-4-5-13(20-2)17-10-11/h4-6,8,10,12,18H,3,7,9,15H2,1-2H3. The molecule has 2 aromatic heterocycles. The van der Waals surface area contributed by atoms with Crippen molar-refractivity contribution in [3.05, 3.63) is 42.1 Å². The van der Waals surface area contributed by atoms with Crippen LogP contribution in [0, 0.1) is 0 Å². The second kappa shape index (κ2) is 7.02. The molecule has 2 aromatic rings. The minimum atomic E-state index is -0.0354. The molecule has 108 valence electrons. The van der Waals surface area contributed by atoms with Gasteiger partial charge in [0.25, 0.3) is 0 Å². The van der Waals surface area contributed by atoms with E-state index in [1.54, 1.807) is 13.3 Å². The minimum absolute atomic E-state index is 0.0354. The summed E-state index contributed by atoms with van der Waals surface area (Å²) >= 11 is 0. The number of nitrogens with zero attached hydrogens (tertiary/aromatic N) is 3. The van der Waals surface area contributed by atoms with Crippen molar-refractivity contribution in [2.45, 2.75) is 32.4 Å². The van der Waals surface area contributed by atoms with Crippen molar-refractivity contribution in [1.29, 1.82) is 0 Å². The summed E-state index contributed by atoms with van der Waals surface area (Å²) in [4.78, 5) is 8.62. The Hall–Kier alpha value is -1.92. The van der Waals surface area contributed by atoms with Crippen LogP contribution in [0.5, 0.6) is 5.88 Å². The number of ether oxygens (including phenoxy) is 1. The smallest absolute Gasteiger partial charge is 0.212 e. The molecule has 0 fully saturated rings. The highest BCUT2D eigenvalue weighted by Crippen LogP contribution is 2.17. The lowest BCUT2D eigenvalue weighted by molar-refractivity contribution is 0.397. The summed E-state index contributed by atoms with van der Waals surface area (Å²) in [6.07, 6.45) is 7.38. The largest absolute Gasteiger partial charge is 0.481 e. The molecule has 0 spiro atoms. The van der Waals surface area contributed by atoms with Crippen LogP contribution in [-0.2, 0) is 13.0 Å². The van der Waals surface area contributed by atoms with Gasteiger partial charge in [-0.05, 0) is 18.4 Å². The Kier molecular flexibility index (Phi) is 5.09. The maximum absolute atomic E-state index is 5.68. The number of rotatable bonds is 7. The number of aryl methyl sites for hydroxylation is 1. The van der Waals surface area contributed by atoms with Crippen molar-refractivity contribution in [3.63, 3.8) is 0 Å². The van der Waals surface area contributed by atoms with Gasteiger partial charge in [-0.25, -0.2) is 15.4 Å². The normalized spacial score (nSPS) is 12.3. The van der Waals surface area contributed by atoms with Crippen LogP contribution in [0.25, 0.3) is 0 Å². The molecule has 1 unspecified atom stereocenters. The van der Waals surface area contributed by atoms with E-state index in [-0.39, 0.29) is 6.04 Å². The molecule has 0 aliphatic carbocycles. The number of hydrazine groups is 1. The van der Waals surface area contributed by atoms with Crippen molar-refractivity contribution in [2.75, 3.05) is 7.11 Å². The van der Waals surface area contributed by atoms with Crippen molar-refractivity contribution in [1.82, 2.24) is 20.0 Å². The van der Waals surface area contributed by atoms with E-state index in [0.717, 1.165) is 30.8 Å². The maximum Gasteiger partial charge on any atom is 0.212 e. The maximum atomic E-state index is 5.68. The van der Waals surface area contributed by atoms with Gasteiger partial charge < -0.3 is 9.30 Å². The molecule has 0 aliphatic heterocycles. The predicted octanol–water partition coefficient (Wildman–Crippen LogP) is 1.44. The highest BCUT2D eigenvalue weighted by molar-refractivity contribution is 5.19. The van der Waals surface area contributed by atoms with Crippen LogP contribution in [0.1, 0.15) is 30.8 Å². The Morgan fingerprint density at radius 1 is 1.40 bits per heavy atom. The number of methoxy groups -OCH3 is 1. The first-order valence-corrected chi connectivity index (χ1v) is 6.74. The summed E-state index contributed by atoms with van der Waals surface area (Å²) < 4.78 is 7.18. The highest BCUT2D eigenvalue weighted by atomic mass is 16.5. The third kappa shape index (κ3) is 3.34. The second-order valence-electron chi connectivity index (χ2n) is 4.61. The minimum Gasteiger partial charge on any atom is -0.481 e. The lowest BCUT2D eigenvalue weighted by Crippen LogP contribution is -2.31. The summed E-state index contributed by atoms with van der Waals surface area (Å²) in [7, 11) is 1.60. The Balaban J connectivity index is 2.13. The molecule has 0 amide bonds. The van der Waals surface area contributed by atoms with Gasteiger partial charge in [-0.1, -0.05) is 13.0 Å². The number of aromatic nitrogens is 3. The van der Waals surface area contributed by atoms with Gasteiger partial charge in [-0.2, -0.15) is 0 Å². The Morgan fingerprint density at radius 3 is 2.85 bits per heavy atom. The van der Waals surface area contributed by atoms with Crippen LogP contribution < -0.4 is 16.0 Å². The molecule has 1 atom stereocenters. The lowest BCUT2D eigenvalue weighted by Gasteiger charge is -2.17. The van der Waals surface area contributed by atoms with Crippen molar-refractivity contribution in [3.8, 4) is 5.88 Å². The molecular weight excluding hydrogens is 254 g/mol. The summed E-state index contributed by atoms with van der Waals surface area (Å²) in [6.45, 7) is 3.08. The summed E-state index contributed by atoms with van der Waals surface area (Å²) in [5.41, 5.74) is 3.92. The van der Waals surface area contributed by atoms with Gasteiger partial charge in [0.15, 0.2) is 0 Å². The zero-order valence-electron chi connectivity index (χ0n) is 11.9. The van der Waals surface area contributed by atoms with Crippen LogP contribution in [-0.4, -0.2) is 21.6 Å². The van der Waals surface area contributed by atoms with Crippen LogP contribution in [0.2, 0.25) is 0 Å². The fourth-order valence-corrected chi connectivity index (χ4v) is 2.17. The molecule has 20 heavy (non-hydrogen) atoms. The van der Waals surface area contributed by atoms with Crippen LogP contribution in [0.4, 0.5) is 0 Å². The first-order valence-electron chi connectivity index (χ1n) is 6.74. The highest BCUT2D eigenvalue weighted by Gasteiger charge is 2.16. The predicted molar refractivity (Wildman–Crippen MR) is 77.1 cm³/mol. The fourth-order valence-electron chi connectivity index (χ4n) is 2.17. The van der Waals surface area contributed by atoms with E-state index < -0.39 is 0 Å². The average molecular weight is 275 g/mol. The second-order valence-corrected chi connectivity index (χ2v) is 4.61.